The normalized spacial score (nSPS) is 24.8. The van der Waals surface area contributed by atoms with Crippen LogP contribution in [0.3, 0.4) is 0 Å². The van der Waals surface area contributed by atoms with Crippen LogP contribution in [0.1, 0.15) is 63.0 Å². The summed E-state index contributed by atoms with van der Waals surface area (Å²) < 4.78 is 0. The number of rotatable bonds is 6. The fourth-order valence-corrected chi connectivity index (χ4v) is 5.98. The summed E-state index contributed by atoms with van der Waals surface area (Å²) in [5.74, 6) is 1.07. The minimum atomic E-state index is 0.0627. The van der Waals surface area contributed by atoms with E-state index in [1.165, 1.54) is 12.8 Å². The summed E-state index contributed by atoms with van der Waals surface area (Å²) in [5.41, 5.74) is 3.03. The van der Waals surface area contributed by atoms with E-state index < -0.39 is 0 Å². The Hall–Kier alpha value is -1.63. The van der Waals surface area contributed by atoms with Crippen molar-refractivity contribution in [2.24, 2.45) is 11.8 Å². The first kappa shape index (κ1) is 24.5. The lowest BCUT2D eigenvalue weighted by Gasteiger charge is -2.41. The van der Waals surface area contributed by atoms with Gasteiger partial charge in [0.2, 0.25) is 11.8 Å². The second-order valence-electron chi connectivity index (χ2n) is 10.3. The minimum Gasteiger partial charge on any atom is -0.337 e. The number of piperazine rings is 1. The lowest BCUT2D eigenvalue weighted by atomic mass is 9.96. The van der Waals surface area contributed by atoms with Crippen LogP contribution < -0.4 is 10.6 Å². The molecule has 182 valence electrons. The Morgan fingerprint density at radius 1 is 1.15 bits per heavy atom. The molecule has 1 aromatic rings. The summed E-state index contributed by atoms with van der Waals surface area (Å²) in [6.45, 7) is 9.48. The summed E-state index contributed by atoms with van der Waals surface area (Å²) in [6, 6.07) is 4.09. The third-order valence-electron chi connectivity index (χ3n) is 7.72. The van der Waals surface area contributed by atoms with Gasteiger partial charge in [0.25, 0.3) is 0 Å². The van der Waals surface area contributed by atoms with Crippen molar-refractivity contribution in [3.63, 3.8) is 0 Å². The third-order valence-corrected chi connectivity index (χ3v) is 7.94. The van der Waals surface area contributed by atoms with Crippen molar-refractivity contribution in [2.45, 2.75) is 71.4 Å². The van der Waals surface area contributed by atoms with Crippen LogP contribution in [-0.2, 0) is 16.1 Å². The van der Waals surface area contributed by atoms with Crippen LogP contribution >= 0.6 is 11.6 Å². The average molecular weight is 475 g/mol. The first-order valence-electron chi connectivity index (χ1n) is 12.7. The molecule has 7 heteroatoms. The van der Waals surface area contributed by atoms with Crippen LogP contribution in [0.5, 0.6) is 0 Å². The van der Waals surface area contributed by atoms with Gasteiger partial charge in [-0.3, -0.25) is 14.5 Å². The maximum absolute atomic E-state index is 12.9. The Labute approximate surface area is 203 Å². The summed E-state index contributed by atoms with van der Waals surface area (Å²) in [5, 5.41) is 7.14. The molecule has 33 heavy (non-hydrogen) atoms. The first-order valence-corrected chi connectivity index (χ1v) is 13.1. The van der Waals surface area contributed by atoms with Gasteiger partial charge in [0.15, 0.2) is 0 Å². The van der Waals surface area contributed by atoms with E-state index in [1.807, 2.05) is 12.1 Å². The number of carbonyl (C=O) groups excluding carboxylic acids is 2. The van der Waals surface area contributed by atoms with Crippen molar-refractivity contribution < 1.29 is 9.59 Å². The van der Waals surface area contributed by atoms with Gasteiger partial charge in [-0.1, -0.05) is 24.4 Å². The Bertz CT molecular complexity index is 849. The summed E-state index contributed by atoms with van der Waals surface area (Å²) in [7, 11) is 0. The number of nitrogens with one attached hydrogen (secondary N) is 2. The van der Waals surface area contributed by atoms with E-state index in [9.17, 15) is 9.59 Å². The summed E-state index contributed by atoms with van der Waals surface area (Å²) >= 11 is 6.45. The molecule has 2 atom stereocenters. The second kappa shape index (κ2) is 11.2. The van der Waals surface area contributed by atoms with E-state index in [0.29, 0.717) is 23.3 Å². The SMILES string of the molecule is Cc1c(CN2CCN(C(=O)C3CCCC3)C(C)C2)cc(Cl)cc1NC(=O)CC1CCCNC1. The fourth-order valence-electron chi connectivity index (χ4n) is 5.74. The van der Waals surface area contributed by atoms with Crippen LogP contribution in [0.15, 0.2) is 12.1 Å². The smallest absolute Gasteiger partial charge is 0.226 e. The van der Waals surface area contributed by atoms with Crippen molar-refractivity contribution in [1.82, 2.24) is 15.1 Å². The molecule has 3 fully saturated rings. The van der Waals surface area contributed by atoms with Gasteiger partial charge in [-0.2, -0.15) is 0 Å². The molecule has 2 amide bonds. The molecule has 1 aromatic carbocycles. The third kappa shape index (κ3) is 6.28. The van der Waals surface area contributed by atoms with E-state index in [4.69, 9.17) is 11.6 Å². The van der Waals surface area contributed by atoms with Crippen molar-refractivity contribution in [3.05, 3.63) is 28.3 Å². The minimum absolute atomic E-state index is 0.0627. The van der Waals surface area contributed by atoms with Gasteiger partial charge in [0.05, 0.1) is 0 Å². The van der Waals surface area contributed by atoms with E-state index in [1.54, 1.807) is 0 Å². The highest BCUT2D eigenvalue weighted by Crippen LogP contribution is 2.30. The molecule has 0 aromatic heterocycles. The Kier molecular flexibility index (Phi) is 8.31. The molecule has 0 radical (unpaired) electrons. The number of hydrogen-bond acceptors (Lipinski definition) is 4. The van der Waals surface area contributed by atoms with Gasteiger partial charge in [0, 0.05) is 55.3 Å². The molecule has 1 aliphatic carbocycles. The number of halogens is 1. The summed E-state index contributed by atoms with van der Waals surface area (Å²) in [6.07, 6.45) is 7.27. The van der Waals surface area contributed by atoms with Crippen LogP contribution in [-0.4, -0.2) is 60.4 Å². The zero-order chi connectivity index (χ0) is 23.4. The van der Waals surface area contributed by atoms with E-state index in [-0.39, 0.29) is 17.9 Å². The van der Waals surface area contributed by atoms with E-state index in [2.05, 4.69) is 34.3 Å². The topological polar surface area (TPSA) is 64.7 Å². The number of hydrogen-bond donors (Lipinski definition) is 2. The molecule has 3 aliphatic rings. The number of piperidine rings is 1. The molecule has 2 N–H and O–H groups in total. The molecular formula is C26H39ClN4O2. The Balaban J connectivity index is 1.35. The number of carbonyl (C=O) groups is 2. The predicted molar refractivity (Wildman–Crippen MR) is 133 cm³/mol. The van der Waals surface area contributed by atoms with Gasteiger partial charge < -0.3 is 15.5 Å². The lowest BCUT2D eigenvalue weighted by molar-refractivity contribution is -0.140. The number of amides is 2. The van der Waals surface area contributed by atoms with Gasteiger partial charge in [-0.15, -0.1) is 0 Å². The maximum Gasteiger partial charge on any atom is 0.226 e. The molecule has 6 nitrogen and oxygen atoms in total. The average Bonchev–Trinajstić information content (AvgIpc) is 3.32. The van der Waals surface area contributed by atoms with Crippen LogP contribution in [0.4, 0.5) is 5.69 Å². The van der Waals surface area contributed by atoms with Crippen molar-refractivity contribution >= 4 is 29.1 Å². The molecule has 2 heterocycles. The number of anilines is 1. The molecule has 1 saturated carbocycles. The summed E-state index contributed by atoms with van der Waals surface area (Å²) in [4.78, 5) is 30.1. The highest BCUT2D eigenvalue weighted by molar-refractivity contribution is 6.31. The monoisotopic (exact) mass is 474 g/mol. The standard InChI is InChI=1S/C26H39ClN4O2/c1-18-16-30(10-11-31(18)26(33)21-7-3-4-8-21)17-22-13-23(27)14-24(19(22)2)29-25(32)12-20-6-5-9-28-15-20/h13-14,18,20-21,28H,3-12,15-17H2,1-2H3,(H,29,32). The van der Waals surface area contributed by atoms with Crippen LogP contribution in [0.2, 0.25) is 5.02 Å². The van der Waals surface area contributed by atoms with E-state index in [0.717, 1.165) is 81.8 Å². The highest BCUT2D eigenvalue weighted by atomic mass is 35.5. The largest absolute Gasteiger partial charge is 0.337 e. The fraction of sp³-hybridized carbons (Fsp3) is 0.692. The molecular weight excluding hydrogens is 436 g/mol. The zero-order valence-corrected chi connectivity index (χ0v) is 20.9. The lowest BCUT2D eigenvalue weighted by Crippen LogP contribution is -2.54. The molecule has 2 saturated heterocycles. The zero-order valence-electron chi connectivity index (χ0n) is 20.2. The Morgan fingerprint density at radius 2 is 1.94 bits per heavy atom. The van der Waals surface area contributed by atoms with Gasteiger partial charge in [-0.25, -0.2) is 0 Å². The number of benzene rings is 1. The van der Waals surface area contributed by atoms with Crippen LogP contribution in [0.25, 0.3) is 0 Å². The first-order chi connectivity index (χ1) is 15.9. The highest BCUT2D eigenvalue weighted by Gasteiger charge is 2.33. The Morgan fingerprint density at radius 3 is 2.64 bits per heavy atom. The van der Waals surface area contributed by atoms with Crippen molar-refractivity contribution in [1.29, 1.82) is 0 Å². The molecule has 2 unspecified atom stereocenters. The molecule has 0 spiro atoms. The molecule has 2 aliphatic heterocycles. The second-order valence-corrected chi connectivity index (χ2v) is 10.7. The molecule has 0 bridgehead atoms. The quantitative estimate of drug-likeness (QED) is 0.648. The van der Waals surface area contributed by atoms with E-state index >= 15 is 0 Å². The van der Waals surface area contributed by atoms with Gasteiger partial charge in [-0.05, 0) is 81.8 Å². The molecule has 4 rings (SSSR count). The number of nitrogens with zero attached hydrogens (tertiary/aromatic N) is 2. The van der Waals surface area contributed by atoms with Gasteiger partial charge >= 0.3 is 0 Å². The van der Waals surface area contributed by atoms with Crippen molar-refractivity contribution in [3.8, 4) is 0 Å². The van der Waals surface area contributed by atoms with Crippen LogP contribution in [0, 0.1) is 18.8 Å². The predicted octanol–water partition coefficient (Wildman–Crippen LogP) is 4.20. The van der Waals surface area contributed by atoms with Gasteiger partial charge in [0.1, 0.15) is 0 Å². The van der Waals surface area contributed by atoms with Crippen molar-refractivity contribution in [2.75, 3.05) is 38.0 Å². The maximum atomic E-state index is 12.9.